The number of hydrogen-bond donors (Lipinski definition) is 1. The van der Waals surface area contributed by atoms with Crippen molar-refractivity contribution < 1.29 is 0 Å². The number of fused-ring (bicyclic) bond motifs is 1. The van der Waals surface area contributed by atoms with Crippen LogP contribution in [0.3, 0.4) is 0 Å². The van der Waals surface area contributed by atoms with Crippen molar-refractivity contribution in [3.05, 3.63) is 10.8 Å². The van der Waals surface area contributed by atoms with Crippen LogP contribution >= 0.6 is 23.4 Å². The van der Waals surface area contributed by atoms with E-state index in [4.69, 9.17) is 17.3 Å². The summed E-state index contributed by atoms with van der Waals surface area (Å²) in [6, 6.07) is 0. The van der Waals surface area contributed by atoms with Crippen molar-refractivity contribution in [1.82, 2.24) is 9.97 Å². The zero-order chi connectivity index (χ0) is 8.55. The first-order valence-electron chi connectivity index (χ1n) is 3.72. The third-order valence-electron chi connectivity index (χ3n) is 1.72. The van der Waals surface area contributed by atoms with Crippen molar-refractivity contribution in [2.24, 2.45) is 0 Å². The normalized spacial score (nSPS) is 15.8. The van der Waals surface area contributed by atoms with Crippen LogP contribution in [0.1, 0.15) is 12.1 Å². The van der Waals surface area contributed by atoms with Gasteiger partial charge >= 0.3 is 0 Å². The van der Waals surface area contributed by atoms with Crippen LogP contribution in [0.2, 0.25) is 5.15 Å². The summed E-state index contributed by atoms with van der Waals surface area (Å²) in [6.45, 7) is 0. The fourth-order valence-electron chi connectivity index (χ4n) is 1.21. The second-order valence-corrected chi connectivity index (χ2v) is 4.06. The smallest absolute Gasteiger partial charge is 0.221 e. The summed E-state index contributed by atoms with van der Waals surface area (Å²) in [5.41, 5.74) is 6.47. The molecule has 2 N–H and O–H groups in total. The van der Waals surface area contributed by atoms with Crippen molar-refractivity contribution in [3.63, 3.8) is 0 Å². The van der Waals surface area contributed by atoms with Gasteiger partial charge in [-0.1, -0.05) is 11.6 Å². The number of rotatable bonds is 0. The number of anilines is 1. The highest BCUT2D eigenvalue weighted by atomic mass is 35.5. The minimum Gasteiger partial charge on any atom is -0.368 e. The van der Waals surface area contributed by atoms with Crippen LogP contribution in [0, 0.1) is 0 Å². The van der Waals surface area contributed by atoms with Crippen molar-refractivity contribution in [2.75, 3.05) is 11.5 Å². The molecule has 0 saturated heterocycles. The molecule has 5 heteroatoms. The zero-order valence-corrected chi connectivity index (χ0v) is 7.95. The number of nitrogen functional groups attached to an aromatic ring is 1. The van der Waals surface area contributed by atoms with Crippen LogP contribution in [0.4, 0.5) is 5.95 Å². The van der Waals surface area contributed by atoms with Gasteiger partial charge in [0.1, 0.15) is 5.15 Å². The van der Waals surface area contributed by atoms with Gasteiger partial charge in [0.05, 0.1) is 10.6 Å². The molecule has 0 radical (unpaired) electrons. The van der Waals surface area contributed by atoms with Gasteiger partial charge in [-0.05, 0) is 18.6 Å². The molecule has 0 saturated carbocycles. The largest absolute Gasteiger partial charge is 0.368 e. The molecular weight excluding hydrogens is 194 g/mol. The second-order valence-electron chi connectivity index (χ2n) is 2.60. The third kappa shape index (κ3) is 1.36. The minimum atomic E-state index is 0.279. The van der Waals surface area contributed by atoms with Crippen molar-refractivity contribution in [2.45, 2.75) is 17.7 Å². The van der Waals surface area contributed by atoms with Gasteiger partial charge in [-0.15, -0.1) is 11.8 Å². The van der Waals surface area contributed by atoms with Crippen molar-refractivity contribution in [3.8, 4) is 0 Å². The lowest BCUT2D eigenvalue weighted by Gasteiger charge is -2.14. The van der Waals surface area contributed by atoms with E-state index in [-0.39, 0.29) is 5.95 Å². The molecule has 0 spiro atoms. The molecule has 3 nitrogen and oxygen atoms in total. The van der Waals surface area contributed by atoms with Crippen LogP contribution in [-0.2, 0) is 6.42 Å². The van der Waals surface area contributed by atoms with E-state index < -0.39 is 0 Å². The maximum absolute atomic E-state index is 5.90. The molecule has 1 aliphatic heterocycles. The monoisotopic (exact) mass is 201 g/mol. The number of aryl methyl sites for hydroxylation is 1. The Balaban J connectivity index is 2.53. The molecule has 12 heavy (non-hydrogen) atoms. The summed E-state index contributed by atoms with van der Waals surface area (Å²) >= 11 is 7.61. The minimum absolute atomic E-state index is 0.279. The van der Waals surface area contributed by atoms with E-state index in [9.17, 15) is 0 Å². The fraction of sp³-hybridized carbons (Fsp3) is 0.429. The van der Waals surface area contributed by atoms with Crippen LogP contribution in [-0.4, -0.2) is 15.7 Å². The Kier molecular flexibility index (Phi) is 2.11. The van der Waals surface area contributed by atoms with Crippen LogP contribution in [0.5, 0.6) is 0 Å². The third-order valence-corrected chi connectivity index (χ3v) is 3.31. The predicted octanol–water partition coefficient (Wildman–Crippen LogP) is 1.75. The maximum Gasteiger partial charge on any atom is 0.221 e. The molecule has 0 fully saturated rings. The Hall–Kier alpha value is -0.480. The van der Waals surface area contributed by atoms with Gasteiger partial charge in [-0.2, -0.15) is 0 Å². The average molecular weight is 202 g/mol. The summed E-state index contributed by atoms with van der Waals surface area (Å²) < 4.78 is 0. The van der Waals surface area contributed by atoms with Crippen LogP contribution in [0.15, 0.2) is 4.90 Å². The lowest BCUT2D eigenvalue weighted by atomic mass is 10.2. The van der Waals surface area contributed by atoms with E-state index in [1.54, 1.807) is 11.8 Å². The Morgan fingerprint density at radius 2 is 2.25 bits per heavy atom. The lowest BCUT2D eigenvalue weighted by Crippen LogP contribution is -2.06. The molecule has 64 valence electrons. The van der Waals surface area contributed by atoms with Gasteiger partial charge < -0.3 is 5.73 Å². The first-order valence-corrected chi connectivity index (χ1v) is 5.08. The van der Waals surface area contributed by atoms with Gasteiger partial charge in [0.25, 0.3) is 0 Å². The van der Waals surface area contributed by atoms with Crippen LogP contribution in [0.25, 0.3) is 0 Å². The molecule has 0 atom stereocenters. The Morgan fingerprint density at radius 3 is 3.08 bits per heavy atom. The van der Waals surface area contributed by atoms with Crippen molar-refractivity contribution in [1.29, 1.82) is 0 Å². The summed E-state index contributed by atoms with van der Waals surface area (Å²) in [5.74, 6) is 1.38. The molecule has 1 aromatic heterocycles. The van der Waals surface area contributed by atoms with E-state index in [1.807, 2.05) is 0 Å². The van der Waals surface area contributed by atoms with Gasteiger partial charge in [-0.25, -0.2) is 9.97 Å². The lowest BCUT2D eigenvalue weighted by molar-refractivity contribution is 0.833. The highest BCUT2D eigenvalue weighted by molar-refractivity contribution is 7.99. The average Bonchev–Trinajstić information content (AvgIpc) is 2.04. The van der Waals surface area contributed by atoms with E-state index in [1.165, 1.54) is 0 Å². The van der Waals surface area contributed by atoms with E-state index in [0.717, 1.165) is 29.2 Å². The van der Waals surface area contributed by atoms with E-state index in [2.05, 4.69) is 9.97 Å². The molecular formula is C7H8ClN3S. The Labute approximate surface area is 79.7 Å². The van der Waals surface area contributed by atoms with Gasteiger partial charge in [0.2, 0.25) is 5.95 Å². The molecule has 0 unspecified atom stereocenters. The second kappa shape index (κ2) is 3.11. The molecule has 1 aromatic rings. The molecule has 0 bridgehead atoms. The van der Waals surface area contributed by atoms with E-state index >= 15 is 0 Å². The highest BCUT2D eigenvalue weighted by Gasteiger charge is 2.15. The summed E-state index contributed by atoms with van der Waals surface area (Å²) in [5, 5.41) is 0.502. The molecule has 2 heterocycles. The first kappa shape index (κ1) is 8.13. The molecule has 0 aliphatic carbocycles. The number of nitrogens with zero attached hydrogens (tertiary/aromatic N) is 2. The van der Waals surface area contributed by atoms with Crippen molar-refractivity contribution >= 4 is 29.3 Å². The molecule has 2 rings (SSSR count). The zero-order valence-electron chi connectivity index (χ0n) is 6.38. The summed E-state index contributed by atoms with van der Waals surface area (Å²) in [7, 11) is 0. The topological polar surface area (TPSA) is 51.8 Å². The Morgan fingerprint density at radius 1 is 1.42 bits per heavy atom. The van der Waals surface area contributed by atoms with Gasteiger partial charge in [0, 0.05) is 0 Å². The van der Waals surface area contributed by atoms with E-state index in [0.29, 0.717) is 5.15 Å². The number of hydrogen-bond acceptors (Lipinski definition) is 4. The quantitative estimate of drug-likeness (QED) is 0.650. The summed E-state index contributed by atoms with van der Waals surface area (Å²) in [6.07, 6.45) is 2.11. The van der Waals surface area contributed by atoms with Gasteiger partial charge in [0.15, 0.2) is 0 Å². The summed E-state index contributed by atoms with van der Waals surface area (Å²) in [4.78, 5) is 9.05. The van der Waals surface area contributed by atoms with Gasteiger partial charge in [-0.3, -0.25) is 0 Å². The fourth-order valence-corrected chi connectivity index (χ4v) is 2.54. The molecule has 0 amide bonds. The number of thioether (sulfide) groups is 1. The van der Waals surface area contributed by atoms with Crippen LogP contribution < -0.4 is 5.73 Å². The SMILES string of the molecule is Nc1nc(Cl)c2c(n1)CCCS2. The maximum atomic E-state index is 5.90. The Bertz CT molecular complexity index is 316. The number of aromatic nitrogens is 2. The number of halogens is 1. The predicted molar refractivity (Wildman–Crippen MR) is 50.5 cm³/mol. The standard InChI is InChI=1S/C7H8ClN3S/c8-6-5-4(2-1-3-12-5)10-7(9)11-6/h1-3H2,(H2,9,10,11). The first-order chi connectivity index (χ1) is 5.77. The highest BCUT2D eigenvalue weighted by Crippen LogP contribution is 2.33. The molecule has 1 aliphatic rings. The number of nitrogens with two attached hydrogens (primary N) is 1. The molecule has 0 aromatic carbocycles.